The van der Waals surface area contributed by atoms with Crippen molar-refractivity contribution in [1.29, 1.82) is 0 Å². The summed E-state index contributed by atoms with van der Waals surface area (Å²) < 4.78 is 13.4. The molecule has 2 aromatic rings. The van der Waals surface area contributed by atoms with Gasteiger partial charge in [-0.25, -0.2) is 9.37 Å². The number of carbonyl (C=O) groups is 1. The van der Waals surface area contributed by atoms with E-state index in [1.807, 2.05) is 4.90 Å². The van der Waals surface area contributed by atoms with Crippen LogP contribution in [0.1, 0.15) is 43.6 Å². The summed E-state index contributed by atoms with van der Waals surface area (Å²) >= 11 is 1.51. The number of likely N-dealkylation sites (tertiary alicyclic amines) is 1. The van der Waals surface area contributed by atoms with Gasteiger partial charge in [-0.1, -0.05) is 23.5 Å². The third-order valence-electron chi connectivity index (χ3n) is 6.18. The highest BCUT2D eigenvalue weighted by Crippen LogP contribution is 2.44. The van der Waals surface area contributed by atoms with E-state index in [4.69, 9.17) is 10.7 Å². The van der Waals surface area contributed by atoms with E-state index in [1.165, 1.54) is 23.5 Å². The Morgan fingerprint density at radius 2 is 2.00 bits per heavy atom. The maximum absolute atomic E-state index is 13.6. The standard InChI is InChI=1S/C21H27FN4OS/c1-3-25(4-2)21-24-18(19(28-21)13-5-8-15(22)9-6-13)20(27)26-16-10-7-14(11-16)17(26)12-23/h5-6,8-9,14,16-17H,3-4,7,10-12,23H2,1-2H3/t14-,16+,17+/m1/s1. The van der Waals surface area contributed by atoms with Crippen LogP contribution in [0.25, 0.3) is 10.4 Å². The van der Waals surface area contributed by atoms with E-state index in [2.05, 4.69) is 18.7 Å². The fourth-order valence-electron chi connectivity index (χ4n) is 4.72. The molecule has 7 heteroatoms. The molecule has 2 heterocycles. The number of hydrogen-bond acceptors (Lipinski definition) is 5. The molecule has 2 fully saturated rings. The summed E-state index contributed by atoms with van der Waals surface area (Å²) in [6.45, 7) is 6.29. The molecular formula is C21H27FN4OS. The predicted molar refractivity (Wildman–Crippen MR) is 111 cm³/mol. The molecule has 1 saturated heterocycles. The quantitative estimate of drug-likeness (QED) is 0.799. The number of piperidine rings is 1. The maximum atomic E-state index is 13.6. The zero-order valence-electron chi connectivity index (χ0n) is 16.4. The number of amides is 1. The second-order valence-corrected chi connectivity index (χ2v) is 8.57. The fourth-order valence-corrected chi connectivity index (χ4v) is 5.91. The van der Waals surface area contributed by atoms with Gasteiger partial charge in [-0.3, -0.25) is 4.79 Å². The van der Waals surface area contributed by atoms with Crippen molar-refractivity contribution >= 4 is 22.4 Å². The summed E-state index contributed by atoms with van der Waals surface area (Å²) in [5.74, 6) is 0.191. The predicted octanol–water partition coefficient (Wildman–Crippen LogP) is 3.75. The molecule has 150 valence electrons. The van der Waals surface area contributed by atoms with E-state index >= 15 is 0 Å². The van der Waals surface area contributed by atoms with E-state index in [0.717, 1.165) is 47.9 Å². The summed E-state index contributed by atoms with van der Waals surface area (Å²) in [6.07, 6.45) is 3.25. The van der Waals surface area contributed by atoms with Gasteiger partial charge in [0.25, 0.3) is 5.91 Å². The van der Waals surface area contributed by atoms with Crippen LogP contribution in [0.2, 0.25) is 0 Å². The first-order valence-electron chi connectivity index (χ1n) is 10.1. The van der Waals surface area contributed by atoms with Crippen LogP contribution in [0.3, 0.4) is 0 Å². The van der Waals surface area contributed by atoms with E-state index < -0.39 is 0 Å². The van der Waals surface area contributed by atoms with Crippen LogP contribution in [0.15, 0.2) is 24.3 Å². The Balaban J connectivity index is 1.76. The molecule has 2 N–H and O–H groups in total. The monoisotopic (exact) mass is 402 g/mol. The van der Waals surface area contributed by atoms with Crippen LogP contribution in [0, 0.1) is 11.7 Å². The Bertz CT molecular complexity index is 849. The summed E-state index contributed by atoms with van der Waals surface area (Å²) in [5.41, 5.74) is 7.33. The zero-order chi connectivity index (χ0) is 19.8. The third kappa shape index (κ3) is 3.20. The van der Waals surface area contributed by atoms with Crippen molar-refractivity contribution in [2.75, 3.05) is 24.5 Å². The Morgan fingerprint density at radius 3 is 2.64 bits per heavy atom. The van der Waals surface area contributed by atoms with Gasteiger partial charge in [-0.2, -0.15) is 0 Å². The zero-order valence-corrected chi connectivity index (χ0v) is 17.2. The molecule has 28 heavy (non-hydrogen) atoms. The lowest BCUT2D eigenvalue weighted by Crippen LogP contribution is -2.48. The molecule has 0 spiro atoms. The summed E-state index contributed by atoms with van der Waals surface area (Å²) in [5, 5.41) is 0.835. The molecule has 1 amide bonds. The van der Waals surface area contributed by atoms with Gasteiger partial charge in [0.05, 0.1) is 4.88 Å². The third-order valence-corrected chi connectivity index (χ3v) is 7.34. The number of fused-ring (bicyclic) bond motifs is 2. The number of nitrogens with two attached hydrogens (primary N) is 1. The lowest BCUT2D eigenvalue weighted by atomic mass is 9.98. The molecule has 0 unspecified atom stereocenters. The van der Waals surface area contributed by atoms with Crippen molar-refractivity contribution in [3.05, 3.63) is 35.8 Å². The Hall–Kier alpha value is -1.99. The highest BCUT2D eigenvalue weighted by molar-refractivity contribution is 7.19. The second-order valence-electron chi connectivity index (χ2n) is 7.60. The molecular weight excluding hydrogens is 375 g/mol. The van der Waals surface area contributed by atoms with Crippen LogP contribution >= 0.6 is 11.3 Å². The van der Waals surface area contributed by atoms with Gasteiger partial charge in [-0.15, -0.1) is 0 Å². The van der Waals surface area contributed by atoms with E-state index in [1.54, 1.807) is 12.1 Å². The second kappa shape index (κ2) is 7.79. The number of rotatable bonds is 6. The minimum absolute atomic E-state index is 0.0309. The Morgan fingerprint density at radius 1 is 1.29 bits per heavy atom. The highest BCUT2D eigenvalue weighted by atomic mass is 32.1. The molecule has 2 aliphatic rings. The molecule has 1 aromatic heterocycles. The van der Waals surface area contributed by atoms with Crippen LogP contribution in [0.5, 0.6) is 0 Å². The summed E-state index contributed by atoms with van der Waals surface area (Å²) in [6, 6.07) is 6.68. The van der Waals surface area contributed by atoms with Crippen molar-refractivity contribution in [3.63, 3.8) is 0 Å². The first-order chi connectivity index (χ1) is 13.6. The molecule has 1 aliphatic heterocycles. The first-order valence-corrected chi connectivity index (χ1v) is 10.9. The van der Waals surface area contributed by atoms with Gasteiger partial charge in [0.2, 0.25) is 0 Å². The van der Waals surface area contributed by atoms with E-state index in [-0.39, 0.29) is 23.8 Å². The number of carbonyl (C=O) groups excluding carboxylic acids is 1. The van der Waals surface area contributed by atoms with Gasteiger partial charge in [-0.05, 0) is 56.7 Å². The SMILES string of the molecule is CCN(CC)c1nc(C(=O)N2[C@H]3CC[C@H](C3)[C@@H]2CN)c(-c2ccc(F)cc2)s1. The molecule has 2 bridgehead atoms. The largest absolute Gasteiger partial charge is 0.349 e. The van der Waals surface area contributed by atoms with Crippen LogP contribution in [-0.4, -0.2) is 47.5 Å². The average molecular weight is 403 g/mol. The van der Waals surface area contributed by atoms with Crippen molar-refractivity contribution < 1.29 is 9.18 Å². The van der Waals surface area contributed by atoms with Crippen molar-refractivity contribution in [1.82, 2.24) is 9.88 Å². The van der Waals surface area contributed by atoms with Gasteiger partial charge >= 0.3 is 0 Å². The average Bonchev–Trinajstić information content (AvgIpc) is 3.43. The van der Waals surface area contributed by atoms with Crippen LogP contribution < -0.4 is 10.6 Å². The molecule has 1 aliphatic carbocycles. The van der Waals surface area contributed by atoms with Crippen LogP contribution in [-0.2, 0) is 0 Å². The number of hydrogen-bond donors (Lipinski definition) is 1. The number of halogens is 1. The minimum Gasteiger partial charge on any atom is -0.349 e. The lowest BCUT2D eigenvalue weighted by Gasteiger charge is -2.34. The molecule has 1 aromatic carbocycles. The molecule has 0 radical (unpaired) electrons. The Labute approximate surface area is 169 Å². The summed E-state index contributed by atoms with van der Waals surface area (Å²) in [7, 11) is 0. The normalized spacial score (nSPS) is 23.4. The van der Waals surface area contributed by atoms with Gasteiger partial charge < -0.3 is 15.5 Å². The van der Waals surface area contributed by atoms with Crippen molar-refractivity contribution in [2.45, 2.75) is 45.2 Å². The Kier molecular flexibility index (Phi) is 5.38. The van der Waals surface area contributed by atoms with E-state index in [9.17, 15) is 9.18 Å². The highest BCUT2D eigenvalue weighted by Gasteiger charge is 2.48. The number of anilines is 1. The first kappa shape index (κ1) is 19.3. The van der Waals surface area contributed by atoms with Gasteiger partial charge in [0, 0.05) is 31.7 Å². The lowest BCUT2D eigenvalue weighted by molar-refractivity contribution is 0.0598. The number of aromatic nitrogens is 1. The topological polar surface area (TPSA) is 62.5 Å². The minimum atomic E-state index is -0.287. The molecule has 5 nitrogen and oxygen atoms in total. The number of thiazole rings is 1. The van der Waals surface area contributed by atoms with Gasteiger partial charge in [0.1, 0.15) is 11.5 Å². The molecule has 1 saturated carbocycles. The molecule has 3 atom stereocenters. The van der Waals surface area contributed by atoms with Gasteiger partial charge in [0.15, 0.2) is 5.13 Å². The van der Waals surface area contributed by atoms with Crippen molar-refractivity contribution in [3.8, 4) is 10.4 Å². The number of nitrogens with zero attached hydrogens (tertiary/aromatic N) is 3. The van der Waals surface area contributed by atoms with Crippen LogP contribution in [0.4, 0.5) is 9.52 Å². The van der Waals surface area contributed by atoms with E-state index in [0.29, 0.717) is 18.2 Å². The summed E-state index contributed by atoms with van der Waals surface area (Å²) in [4.78, 5) is 23.3. The number of benzene rings is 1. The fraction of sp³-hybridized carbons (Fsp3) is 0.524. The smallest absolute Gasteiger partial charge is 0.274 e. The maximum Gasteiger partial charge on any atom is 0.274 e. The molecule has 4 rings (SSSR count). The van der Waals surface area contributed by atoms with Crippen molar-refractivity contribution in [2.24, 2.45) is 11.7 Å².